The molecule has 82 valence electrons. The third kappa shape index (κ3) is 3.17. The molecule has 0 aromatic heterocycles. The lowest BCUT2D eigenvalue weighted by Gasteiger charge is -2.20. The van der Waals surface area contributed by atoms with Gasteiger partial charge < -0.3 is 5.11 Å². The van der Waals surface area contributed by atoms with Gasteiger partial charge in [0.15, 0.2) is 0 Å². The summed E-state index contributed by atoms with van der Waals surface area (Å²) in [4.78, 5) is 11.5. The minimum atomic E-state index is -0.560. The predicted molar refractivity (Wildman–Crippen MR) is 60.8 cm³/mol. The highest BCUT2D eigenvalue weighted by atomic mass is 16.3. The van der Waals surface area contributed by atoms with Crippen molar-refractivity contribution >= 4 is 5.78 Å². The number of Topliss-reactive ketones (excluding diaryl/α,β-unsaturated/α-hetero) is 1. The monoisotopic (exact) mass is 206 g/mol. The first-order valence-corrected chi connectivity index (χ1v) is 5.40. The Bertz CT molecular complexity index is 306. The number of rotatable bonds is 5. The summed E-state index contributed by atoms with van der Waals surface area (Å²) in [7, 11) is 0. The molecule has 0 fully saturated rings. The molecule has 1 rings (SSSR count). The second-order valence-electron chi connectivity index (χ2n) is 3.86. The van der Waals surface area contributed by atoms with E-state index in [9.17, 15) is 9.90 Å². The van der Waals surface area contributed by atoms with Crippen LogP contribution in [0.25, 0.3) is 0 Å². The Balaban J connectivity index is 2.88. The Hall–Kier alpha value is -1.15. The second kappa shape index (κ2) is 5.66. The van der Waals surface area contributed by atoms with Crippen LogP contribution < -0.4 is 0 Å². The summed E-state index contributed by atoms with van der Waals surface area (Å²) in [5, 5.41) is 9.91. The second-order valence-corrected chi connectivity index (χ2v) is 3.86. The van der Waals surface area contributed by atoms with Gasteiger partial charge in [0.1, 0.15) is 5.78 Å². The summed E-state index contributed by atoms with van der Waals surface area (Å²) in [6.07, 6.45) is 0.992. The van der Waals surface area contributed by atoms with E-state index in [-0.39, 0.29) is 11.7 Å². The van der Waals surface area contributed by atoms with Crippen LogP contribution in [0.2, 0.25) is 0 Å². The molecule has 15 heavy (non-hydrogen) atoms. The van der Waals surface area contributed by atoms with Crippen molar-refractivity contribution in [2.75, 3.05) is 0 Å². The number of carbonyl (C=O) groups is 1. The summed E-state index contributed by atoms with van der Waals surface area (Å²) in [6, 6.07) is 9.48. The van der Waals surface area contributed by atoms with Gasteiger partial charge in [-0.1, -0.05) is 43.7 Å². The molecule has 0 spiro atoms. The Kier molecular flexibility index (Phi) is 4.50. The fourth-order valence-electron chi connectivity index (χ4n) is 1.85. The molecular formula is C13H18O2. The lowest BCUT2D eigenvalue weighted by atomic mass is 9.88. The SMILES string of the molecule is CCC[C@H](O)[C@@H](C(C)=O)c1ccccc1. The van der Waals surface area contributed by atoms with E-state index in [2.05, 4.69) is 0 Å². The average Bonchev–Trinajstić information content (AvgIpc) is 2.19. The van der Waals surface area contributed by atoms with Crippen molar-refractivity contribution in [3.8, 4) is 0 Å². The van der Waals surface area contributed by atoms with Gasteiger partial charge in [0, 0.05) is 0 Å². The van der Waals surface area contributed by atoms with Gasteiger partial charge in [0.05, 0.1) is 12.0 Å². The van der Waals surface area contributed by atoms with Gasteiger partial charge in [-0.05, 0) is 18.9 Å². The smallest absolute Gasteiger partial charge is 0.139 e. The summed E-state index contributed by atoms with van der Waals surface area (Å²) in [5.41, 5.74) is 0.908. The molecule has 0 bridgehead atoms. The minimum absolute atomic E-state index is 0.0298. The van der Waals surface area contributed by atoms with E-state index in [0.29, 0.717) is 6.42 Å². The first-order chi connectivity index (χ1) is 7.16. The molecule has 0 radical (unpaired) electrons. The molecule has 2 heteroatoms. The zero-order chi connectivity index (χ0) is 11.3. The Morgan fingerprint density at radius 2 is 1.93 bits per heavy atom. The number of benzene rings is 1. The van der Waals surface area contributed by atoms with Gasteiger partial charge in [-0.25, -0.2) is 0 Å². The molecule has 0 aliphatic carbocycles. The van der Waals surface area contributed by atoms with E-state index in [1.165, 1.54) is 6.92 Å². The normalized spacial score (nSPS) is 14.6. The van der Waals surface area contributed by atoms with Crippen molar-refractivity contribution in [2.45, 2.75) is 38.7 Å². The van der Waals surface area contributed by atoms with E-state index in [4.69, 9.17) is 0 Å². The van der Waals surface area contributed by atoms with E-state index in [1.54, 1.807) is 0 Å². The lowest BCUT2D eigenvalue weighted by molar-refractivity contribution is -0.120. The van der Waals surface area contributed by atoms with Gasteiger partial charge >= 0.3 is 0 Å². The third-order valence-corrected chi connectivity index (χ3v) is 2.57. The van der Waals surface area contributed by atoms with Crippen LogP contribution in [0.5, 0.6) is 0 Å². The largest absolute Gasteiger partial charge is 0.392 e. The van der Waals surface area contributed by atoms with Gasteiger partial charge in [-0.2, -0.15) is 0 Å². The maximum Gasteiger partial charge on any atom is 0.139 e. The molecule has 2 atom stereocenters. The van der Waals surface area contributed by atoms with Crippen LogP contribution in [-0.4, -0.2) is 17.0 Å². The predicted octanol–water partition coefficient (Wildman–Crippen LogP) is 2.52. The molecule has 0 saturated heterocycles. The van der Waals surface area contributed by atoms with Crippen LogP contribution in [0.4, 0.5) is 0 Å². The molecule has 0 saturated carbocycles. The number of hydrogen-bond donors (Lipinski definition) is 1. The van der Waals surface area contributed by atoms with Crippen molar-refractivity contribution in [1.29, 1.82) is 0 Å². The van der Waals surface area contributed by atoms with Crippen LogP contribution >= 0.6 is 0 Å². The standard InChI is InChI=1S/C13H18O2/c1-3-7-12(15)13(10(2)14)11-8-5-4-6-9-11/h4-6,8-9,12-13,15H,3,7H2,1-2H3/t12-,13-/m0/s1. The van der Waals surface area contributed by atoms with Crippen LogP contribution in [0, 0.1) is 0 Å². The van der Waals surface area contributed by atoms with Crippen molar-refractivity contribution in [3.05, 3.63) is 35.9 Å². The Labute approximate surface area is 90.9 Å². The van der Waals surface area contributed by atoms with Crippen molar-refractivity contribution < 1.29 is 9.90 Å². The molecule has 0 heterocycles. The molecule has 1 aromatic carbocycles. The highest BCUT2D eigenvalue weighted by Crippen LogP contribution is 2.23. The summed E-state index contributed by atoms with van der Waals surface area (Å²) in [6.45, 7) is 3.54. The van der Waals surface area contributed by atoms with Crippen LogP contribution in [0.15, 0.2) is 30.3 Å². The maximum absolute atomic E-state index is 11.5. The zero-order valence-electron chi connectivity index (χ0n) is 9.31. The molecule has 1 N–H and O–H groups in total. The topological polar surface area (TPSA) is 37.3 Å². The van der Waals surface area contributed by atoms with E-state index >= 15 is 0 Å². The van der Waals surface area contributed by atoms with E-state index in [1.807, 2.05) is 37.3 Å². The van der Waals surface area contributed by atoms with Gasteiger partial charge in [-0.15, -0.1) is 0 Å². The maximum atomic E-state index is 11.5. The van der Waals surface area contributed by atoms with Crippen molar-refractivity contribution in [2.24, 2.45) is 0 Å². The van der Waals surface area contributed by atoms with Crippen LogP contribution in [-0.2, 0) is 4.79 Å². The summed E-state index contributed by atoms with van der Waals surface area (Å²) >= 11 is 0. The summed E-state index contributed by atoms with van der Waals surface area (Å²) < 4.78 is 0. The average molecular weight is 206 g/mol. The highest BCUT2D eigenvalue weighted by Gasteiger charge is 2.24. The van der Waals surface area contributed by atoms with Crippen LogP contribution in [0.1, 0.15) is 38.2 Å². The molecule has 2 nitrogen and oxygen atoms in total. The lowest BCUT2D eigenvalue weighted by Crippen LogP contribution is -2.24. The molecule has 0 unspecified atom stereocenters. The quantitative estimate of drug-likeness (QED) is 0.803. The van der Waals surface area contributed by atoms with Crippen LogP contribution in [0.3, 0.4) is 0 Å². The molecule has 0 aliphatic heterocycles. The number of ketones is 1. The fourth-order valence-corrected chi connectivity index (χ4v) is 1.85. The number of aliphatic hydroxyl groups is 1. The molecular weight excluding hydrogens is 188 g/mol. The number of carbonyl (C=O) groups excluding carboxylic acids is 1. The summed E-state index contributed by atoms with van der Waals surface area (Å²) in [5.74, 6) is -0.340. The third-order valence-electron chi connectivity index (χ3n) is 2.57. The van der Waals surface area contributed by atoms with E-state index < -0.39 is 6.10 Å². The zero-order valence-corrected chi connectivity index (χ0v) is 9.31. The Morgan fingerprint density at radius 1 is 1.33 bits per heavy atom. The number of hydrogen-bond acceptors (Lipinski definition) is 2. The van der Waals surface area contributed by atoms with Gasteiger partial charge in [-0.3, -0.25) is 4.79 Å². The van der Waals surface area contributed by atoms with E-state index in [0.717, 1.165) is 12.0 Å². The minimum Gasteiger partial charge on any atom is -0.392 e. The molecule has 0 aliphatic rings. The molecule has 0 amide bonds. The fraction of sp³-hybridized carbons (Fsp3) is 0.462. The van der Waals surface area contributed by atoms with Gasteiger partial charge in [0.25, 0.3) is 0 Å². The number of aliphatic hydroxyl groups excluding tert-OH is 1. The van der Waals surface area contributed by atoms with Gasteiger partial charge in [0.2, 0.25) is 0 Å². The molecule has 1 aromatic rings. The van der Waals surface area contributed by atoms with Crippen molar-refractivity contribution in [3.63, 3.8) is 0 Å². The van der Waals surface area contributed by atoms with Crippen molar-refractivity contribution in [1.82, 2.24) is 0 Å². The Morgan fingerprint density at radius 3 is 2.40 bits per heavy atom. The first kappa shape index (κ1) is 11.9. The highest BCUT2D eigenvalue weighted by molar-refractivity contribution is 5.84. The first-order valence-electron chi connectivity index (χ1n) is 5.40.